The van der Waals surface area contributed by atoms with Gasteiger partial charge in [0, 0.05) is 17.3 Å². The summed E-state index contributed by atoms with van der Waals surface area (Å²) in [6.07, 6.45) is 0. The second-order valence-electron chi connectivity index (χ2n) is 4.45. The lowest BCUT2D eigenvalue weighted by Crippen LogP contribution is -1.98. The predicted octanol–water partition coefficient (Wildman–Crippen LogP) is 3.31. The maximum atomic E-state index is 13.8. The SMILES string of the molecule is Cc1cccc2nc(-c3cc(F)c(F)cc3F)c(N)n12. The normalized spacial score (nSPS) is 11.2. The number of hydrogen-bond acceptors (Lipinski definition) is 2. The molecular weight excluding hydrogens is 267 g/mol. The van der Waals surface area contributed by atoms with Crippen LogP contribution in [-0.2, 0) is 0 Å². The molecule has 3 aromatic rings. The van der Waals surface area contributed by atoms with Gasteiger partial charge in [0.2, 0.25) is 0 Å². The summed E-state index contributed by atoms with van der Waals surface area (Å²) in [7, 11) is 0. The summed E-state index contributed by atoms with van der Waals surface area (Å²) in [5.41, 5.74) is 7.20. The highest BCUT2D eigenvalue weighted by Gasteiger charge is 2.18. The molecule has 0 aliphatic heterocycles. The topological polar surface area (TPSA) is 43.3 Å². The summed E-state index contributed by atoms with van der Waals surface area (Å²) in [6.45, 7) is 1.82. The minimum Gasteiger partial charge on any atom is -0.383 e. The van der Waals surface area contributed by atoms with E-state index in [2.05, 4.69) is 4.98 Å². The number of aryl methyl sites for hydroxylation is 1. The number of pyridine rings is 1. The fourth-order valence-corrected chi connectivity index (χ4v) is 2.18. The van der Waals surface area contributed by atoms with Crippen LogP contribution in [0.4, 0.5) is 19.0 Å². The largest absolute Gasteiger partial charge is 0.383 e. The second-order valence-corrected chi connectivity index (χ2v) is 4.45. The van der Waals surface area contributed by atoms with Gasteiger partial charge in [0.05, 0.1) is 0 Å². The number of imidazole rings is 1. The average molecular weight is 277 g/mol. The highest BCUT2D eigenvalue weighted by Crippen LogP contribution is 2.30. The van der Waals surface area contributed by atoms with Crippen LogP contribution in [0.5, 0.6) is 0 Å². The Labute approximate surface area is 112 Å². The molecule has 0 saturated carbocycles. The Balaban J connectivity index is 2.33. The summed E-state index contributed by atoms with van der Waals surface area (Å²) in [4.78, 5) is 4.18. The Bertz CT molecular complexity index is 824. The summed E-state index contributed by atoms with van der Waals surface area (Å²) >= 11 is 0. The van der Waals surface area contributed by atoms with Gasteiger partial charge in [-0.05, 0) is 25.1 Å². The molecule has 2 aromatic heterocycles. The van der Waals surface area contributed by atoms with Crippen molar-refractivity contribution < 1.29 is 13.2 Å². The second kappa shape index (κ2) is 4.26. The van der Waals surface area contributed by atoms with E-state index in [4.69, 9.17) is 5.73 Å². The van der Waals surface area contributed by atoms with Crippen LogP contribution in [-0.4, -0.2) is 9.38 Å². The fourth-order valence-electron chi connectivity index (χ4n) is 2.18. The van der Waals surface area contributed by atoms with Gasteiger partial charge < -0.3 is 5.73 Å². The zero-order valence-corrected chi connectivity index (χ0v) is 10.5. The van der Waals surface area contributed by atoms with Gasteiger partial charge in [-0.25, -0.2) is 18.2 Å². The standard InChI is InChI=1S/C14H10F3N3/c1-7-3-2-4-12-19-13(14(18)20(7)12)8-5-10(16)11(17)6-9(8)15/h2-6H,18H2,1H3. The Morgan fingerprint density at radius 2 is 1.75 bits per heavy atom. The van der Waals surface area contributed by atoms with Gasteiger partial charge in [0.15, 0.2) is 11.6 Å². The summed E-state index contributed by atoms with van der Waals surface area (Å²) < 4.78 is 41.7. The van der Waals surface area contributed by atoms with Crippen molar-refractivity contribution in [3.05, 3.63) is 53.5 Å². The van der Waals surface area contributed by atoms with E-state index >= 15 is 0 Å². The molecule has 2 N–H and O–H groups in total. The molecule has 3 rings (SSSR count). The summed E-state index contributed by atoms with van der Waals surface area (Å²) in [5.74, 6) is -3.11. The molecule has 0 radical (unpaired) electrons. The van der Waals surface area contributed by atoms with Crippen molar-refractivity contribution in [3.63, 3.8) is 0 Å². The summed E-state index contributed by atoms with van der Waals surface area (Å²) in [6, 6.07) is 6.54. The lowest BCUT2D eigenvalue weighted by molar-refractivity contribution is 0.496. The third-order valence-corrected chi connectivity index (χ3v) is 3.14. The van der Waals surface area contributed by atoms with E-state index in [0.29, 0.717) is 11.7 Å². The van der Waals surface area contributed by atoms with Crippen molar-refractivity contribution in [2.75, 3.05) is 5.73 Å². The molecular formula is C14H10F3N3. The lowest BCUT2D eigenvalue weighted by atomic mass is 10.1. The number of benzene rings is 1. The maximum absolute atomic E-state index is 13.8. The average Bonchev–Trinajstić information content (AvgIpc) is 2.73. The molecule has 6 heteroatoms. The van der Waals surface area contributed by atoms with Crippen LogP contribution in [0, 0.1) is 24.4 Å². The third-order valence-electron chi connectivity index (χ3n) is 3.14. The van der Waals surface area contributed by atoms with Crippen LogP contribution in [0.15, 0.2) is 30.3 Å². The van der Waals surface area contributed by atoms with E-state index in [-0.39, 0.29) is 17.1 Å². The minimum absolute atomic E-state index is 0.0932. The number of nitrogen functional groups attached to an aromatic ring is 1. The lowest BCUT2D eigenvalue weighted by Gasteiger charge is -2.04. The quantitative estimate of drug-likeness (QED) is 0.693. The molecule has 102 valence electrons. The first-order valence-corrected chi connectivity index (χ1v) is 5.87. The van der Waals surface area contributed by atoms with Crippen molar-refractivity contribution in [1.82, 2.24) is 9.38 Å². The first kappa shape index (κ1) is 12.5. The molecule has 0 aliphatic rings. The Morgan fingerprint density at radius 3 is 2.45 bits per heavy atom. The number of rotatable bonds is 1. The molecule has 0 spiro atoms. The van der Waals surface area contributed by atoms with Gasteiger partial charge in [-0.15, -0.1) is 0 Å². The van der Waals surface area contributed by atoms with E-state index in [1.54, 1.807) is 16.5 Å². The van der Waals surface area contributed by atoms with Crippen LogP contribution in [0.25, 0.3) is 16.9 Å². The molecule has 0 bridgehead atoms. The third kappa shape index (κ3) is 1.72. The molecule has 0 fully saturated rings. The van der Waals surface area contributed by atoms with Crippen molar-refractivity contribution in [2.45, 2.75) is 6.92 Å². The van der Waals surface area contributed by atoms with Crippen LogP contribution in [0.2, 0.25) is 0 Å². The maximum Gasteiger partial charge on any atom is 0.161 e. The van der Waals surface area contributed by atoms with Gasteiger partial charge in [-0.2, -0.15) is 0 Å². The Kier molecular flexibility index (Phi) is 2.67. The highest BCUT2D eigenvalue weighted by molar-refractivity contribution is 5.75. The molecule has 0 aliphatic carbocycles. The monoisotopic (exact) mass is 277 g/mol. The van der Waals surface area contributed by atoms with Crippen LogP contribution >= 0.6 is 0 Å². The highest BCUT2D eigenvalue weighted by atomic mass is 19.2. The minimum atomic E-state index is -1.25. The Hall–Kier alpha value is -2.50. The first-order valence-electron chi connectivity index (χ1n) is 5.87. The van der Waals surface area contributed by atoms with Crippen molar-refractivity contribution in [1.29, 1.82) is 0 Å². The number of halogens is 3. The van der Waals surface area contributed by atoms with E-state index in [9.17, 15) is 13.2 Å². The number of anilines is 1. The Morgan fingerprint density at radius 1 is 1.05 bits per heavy atom. The van der Waals surface area contributed by atoms with Crippen LogP contribution < -0.4 is 5.73 Å². The fraction of sp³-hybridized carbons (Fsp3) is 0.0714. The smallest absolute Gasteiger partial charge is 0.161 e. The van der Waals surface area contributed by atoms with Gasteiger partial charge in [0.25, 0.3) is 0 Å². The van der Waals surface area contributed by atoms with Crippen molar-refractivity contribution >= 4 is 11.5 Å². The van der Waals surface area contributed by atoms with Gasteiger partial charge >= 0.3 is 0 Å². The van der Waals surface area contributed by atoms with Gasteiger partial charge in [-0.3, -0.25) is 4.40 Å². The molecule has 0 amide bonds. The molecule has 0 atom stereocenters. The van der Waals surface area contributed by atoms with Gasteiger partial charge in [0.1, 0.15) is 23.0 Å². The predicted molar refractivity (Wildman–Crippen MR) is 69.7 cm³/mol. The van der Waals surface area contributed by atoms with E-state index in [1.807, 2.05) is 13.0 Å². The van der Waals surface area contributed by atoms with Gasteiger partial charge in [-0.1, -0.05) is 6.07 Å². The molecule has 1 aromatic carbocycles. The number of nitrogens with zero attached hydrogens (tertiary/aromatic N) is 2. The van der Waals surface area contributed by atoms with Crippen LogP contribution in [0.1, 0.15) is 5.69 Å². The van der Waals surface area contributed by atoms with E-state index < -0.39 is 17.5 Å². The van der Waals surface area contributed by atoms with E-state index in [1.165, 1.54) is 0 Å². The zero-order chi connectivity index (χ0) is 14.4. The molecule has 3 nitrogen and oxygen atoms in total. The summed E-state index contributed by atoms with van der Waals surface area (Å²) in [5, 5.41) is 0. The van der Waals surface area contributed by atoms with E-state index in [0.717, 1.165) is 11.8 Å². The molecule has 0 saturated heterocycles. The van der Waals surface area contributed by atoms with Crippen molar-refractivity contribution in [2.24, 2.45) is 0 Å². The first-order chi connectivity index (χ1) is 9.49. The molecule has 0 unspecified atom stereocenters. The molecule has 20 heavy (non-hydrogen) atoms. The number of nitrogens with two attached hydrogens (primary N) is 1. The van der Waals surface area contributed by atoms with Crippen LogP contribution in [0.3, 0.4) is 0 Å². The van der Waals surface area contributed by atoms with Crippen molar-refractivity contribution in [3.8, 4) is 11.3 Å². The zero-order valence-electron chi connectivity index (χ0n) is 10.5. The number of aromatic nitrogens is 2. The molecule has 2 heterocycles. The number of fused-ring (bicyclic) bond motifs is 1. The number of hydrogen-bond donors (Lipinski definition) is 1.